The van der Waals surface area contributed by atoms with Crippen LogP contribution in [-0.4, -0.2) is 28.1 Å². The Morgan fingerprint density at radius 1 is 1.40 bits per heavy atom. The summed E-state index contributed by atoms with van der Waals surface area (Å²) >= 11 is 0. The number of hydrogen-bond acceptors (Lipinski definition) is 4. The van der Waals surface area contributed by atoms with Crippen LogP contribution in [0.3, 0.4) is 0 Å². The van der Waals surface area contributed by atoms with Crippen molar-refractivity contribution in [3.8, 4) is 0 Å². The van der Waals surface area contributed by atoms with E-state index in [9.17, 15) is 14.4 Å². The maximum Gasteiger partial charge on any atom is 0.325 e. The van der Waals surface area contributed by atoms with Gasteiger partial charge >= 0.3 is 11.7 Å². The average molecular weight is 213 g/mol. The van der Waals surface area contributed by atoms with Gasteiger partial charge in [0, 0.05) is 17.8 Å². The van der Waals surface area contributed by atoms with Gasteiger partial charge in [-0.25, -0.2) is 4.79 Å². The molecule has 0 spiro atoms. The van der Waals surface area contributed by atoms with Crippen molar-refractivity contribution in [2.75, 3.05) is 7.05 Å². The minimum atomic E-state index is -1.12. The predicted molar refractivity (Wildman–Crippen MR) is 51.8 cm³/mol. The van der Waals surface area contributed by atoms with E-state index in [1.165, 1.54) is 0 Å². The van der Waals surface area contributed by atoms with E-state index < -0.39 is 23.6 Å². The number of H-pyrrole nitrogens is 2. The smallest absolute Gasteiger partial charge is 0.325 e. The standard InChI is InChI=1S/C8H11N3O4/c1-9-3-5-4(2-6(12)13)7(14)11-8(15)10-5/h9H,2-3H2,1H3,(H,12,13)(H2,10,11,14,15). The lowest BCUT2D eigenvalue weighted by Crippen LogP contribution is -2.30. The highest BCUT2D eigenvalue weighted by Gasteiger charge is 2.11. The highest BCUT2D eigenvalue weighted by Crippen LogP contribution is 1.98. The van der Waals surface area contributed by atoms with Gasteiger partial charge in [-0.15, -0.1) is 0 Å². The van der Waals surface area contributed by atoms with E-state index in [1.807, 2.05) is 4.98 Å². The monoisotopic (exact) mass is 213 g/mol. The molecule has 1 aromatic rings. The predicted octanol–water partition coefficient (Wildman–Crippen LogP) is -1.59. The first-order valence-electron chi connectivity index (χ1n) is 4.25. The molecule has 0 saturated heterocycles. The molecule has 0 amide bonds. The molecule has 0 bridgehead atoms. The van der Waals surface area contributed by atoms with Crippen molar-refractivity contribution < 1.29 is 9.90 Å². The molecule has 0 aliphatic carbocycles. The molecule has 15 heavy (non-hydrogen) atoms. The fraction of sp³-hybridized carbons (Fsp3) is 0.375. The zero-order valence-corrected chi connectivity index (χ0v) is 8.09. The molecule has 0 unspecified atom stereocenters. The quantitative estimate of drug-likeness (QED) is 0.481. The van der Waals surface area contributed by atoms with Crippen molar-refractivity contribution in [1.82, 2.24) is 15.3 Å². The van der Waals surface area contributed by atoms with Gasteiger partial charge in [-0.05, 0) is 7.05 Å². The van der Waals surface area contributed by atoms with Gasteiger partial charge in [0.1, 0.15) is 0 Å². The van der Waals surface area contributed by atoms with E-state index in [2.05, 4.69) is 10.3 Å². The number of aromatic nitrogens is 2. The fourth-order valence-corrected chi connectivity index (χ4v) is 1.23. The second-order valence-corrected chi connectivity index (χ2v) is 2.97. The first-order chi connectivity index (χ1) is 7.04. The molecule has 7 nitrogen and oxygen atoms in total. The average Bonchev–Trinajstić information content (AvgIpc) is 2.11. The normalized spacial score (nSPS) is 10.2. The topological polar surface area (TPSA) is 115 Å². The summed E-state index contributed by atoms with van der Waals surface area (Å²) < 4.78 is 0. The van der Waals surface area contributed by atoms with Crippen LogP contribution in [0.1, 0.15) is 11.3 Å². The van der Waals surface area contributed by atoms with E-state index in [1.54, 1.807) is 7.05 Å². The number of carbonyl (C=O) groups is 1. The van der Waals surface area contributed by atoms with E-state index in [4.69, 9.17) is 5.11 Å². The van der Waals surface area contributed by atoms with E-state index in [-0.39, 0.29) is 12.1 Å². The van der Waals surface area contributed by atoms with Crippen molar-refractivity contribution in [1.29, 1.82) is 0 Å². The summed E-state index contributed by atoms with van der Waals surface area (Å²) in [4.78, 5) is 37.1. The lowest BCUT2D eigenvalue weighted by Gasteiger charge is -2.04. The molecule has 0 aromatic carbocycles. The minimum Gasteiger partial charge on any atom is -0.481 e. The molecule has 0 aliphatic heterocycles. The van der Waals surface area contributed by atoms with Crippen LogP contribution in [0.25, 0.3) is 0 Å². The lowest BCUT2D eigenvalue weighted by atomic mass is 10.1. The van der Waals surface area contributed by atoms with Crippen molar-refractivity contribution in [2.24, 2.45) is 0 Å². The molecule has 7 heteroatoms. The summed E-state index contributed by atoms with van der Waals surface area (Å²) in [5.74, 6) is -1.12. The van der Waals surface area contributed by atoms with E-state index >= 15 is 0 Å². The molecule has 4 N–H and O–H groups in total. The van der Waals surface area contributed by atoms with Crippen LogP contribution in [-0.2, 0) is 17.8 Å². The van der Waals surface area contributed by atoms with Crippen molar-refractivity contribution >= 4 is 5.97 Å². The third-order valence-corrected chi connectivity index (χ3v) is 1.81. The van der Waals surface area contributed by atoms with Crippen LogP contribution in [0.5, 0.6) is 0 Å². The SMILES string of the molecule is CNCc1[nH]c(=O)[nH]c(=O)c1CC(=O)O. The van der Waals surface area contributed by atoms with Crippen molar-refractivity contribution in [3.63, 3.8) is 0 Å². The first kappa shape index (κ1) is 11.2. The van der Waals surface area contributed by atoms with Gasteiger partial charge in [-0.2, -0.15) is 0 Å². The summed E-state index contributed by atoms with van der Waals surface area (Å²) in [5, 5.41) is 11.3. The third kappa shape index (κ3) is 2.78. The van der Waals surface area contributed by atoms with Crippen LogP contribution in [0, 0.1) is 0 Å². The molecule has 0 fully saturated rings. The van der Waals surface area contributed by atoms with Gasteiger partial charge in [-0.3, -0.25) is 14.6 Å². The van der Waals surface area contributed by atoms with Crippen LogP contribution < -0.4 is 16.6 Å². The van der Waals surface area contributed by atoms with Gasteiger partial charge < -0.3 is 15.4 Å². The van der Waals surface area contributed by atoms with Gasteiger partial charge in [0.2, 0.25) is 0 Å². The number of rotatable bonds is 4. The van der Waals surface area contributed by atoms with Crippen LogP contribution >= 0.6 is 0 Å². The van der Waals surface area contributed by atoms with E-state index in [0.29, 0.717) is 5.69 Å². The second-order valence-electron chi connectivity index (χ2n) is 2.97. The Morgan fingerprint density at radius 2 is 2.07 bits per heavy atom. The number of aliphatic carboxylic acids is 1. The Kier molecular flexibility index (Phi) is 3.40. The molecule has 82 valence electrons. The van der Waals surface area contributed by atoms with Crippen molar-refractivity contribution in [3.05, 3.63) is 32.1 Å². The minimum absolute atomic E-state index is 0.0662. The van der Waals surface area contributed by atoms with Gasteiger partial charge in [-0.1, -0.05) is 0 Å². The first-order valence-corrected chi connectivity index (χ1v) is 4.25. The number of carboxylic acids is 1. The molecule has 0 saturated carbocycles. The number of carboxylic acid groups (broad SMARTS) is 1. The van der Waals surface area contributed by atoms with Crippen LogP contribution in [0.15, 0.2) is 9.59 Å². The molecule has 0 radical (unpaired) electrons. The number of hydrogen-bond donors (Lipinski definition) is 4. The summed E-state index contributed by atoms with van der Waals surface area (Å²) in [7, 11) is 1.63. The molecule has 1 aromatic heterocycles. The summed E-state index contributed by atoms with van der Waals surface area (Å²) in [5.41, 5.74) is -0.934. The zero-order chi connectivity index (χ0) is 11.4. The second kappa shape index (κ2) is 4.56. The maximum absolute atomic E-state index is 11.3. The molecule has 1 rings (SSSR count). The Balaban J connectivity index is 3.26. The Labute approximate surface area is 84.2 Å². The van der Waals surface area contributed by atoms with Crippen molar-refractivity contribution in [2.45, 2.75) is 13.0 Å². The maximum atomic E-state index is 11.3. The number of nitrogens with one attached hydrogen (secondary N) is 3. The molecule has 0 atom stereocenters. The van der Waals surface area contributed by atoms with Crippen LogP contribution in [0.2, 0.25) is 0 Å². The number of aromatic amines is 2. The Hall–Kier alpha value is -1.89. The Bertz CT molecular complexity index is 474. The molecular formula is C8H11N3O4. The fourth-order valence-electron chi connectivity index (χ4n) is 1.23. The summed E-state index contributed by atoms with van der Waals surface area (Å²) in [6.45, 7) is 0.238. The van der Waals surface area contributed by atoms with Gasteiger partial charge in [0.05, 0.1) is 6.42 Å². The molecule has 1 heterocycles. The van der Waals surface area contributed by atoms with Crippen LogP contribution in [0.4, 0.5) is 0 Å². The molecular weight excluding hydrogens is 202 g/mol. The third-order valence-electron chi connectivity index (χ3n) is 1.81. The van der Waals surface area contributed by atoms with Gasteiger partial charge in [0.25, 0.3) is 5.56 Å². The Morgan fingerprint density at radius 3 is 2.60 bits per heavy atom. The largest absolute Gasteiger partial charge is 0.481 e. The zero-order valence-electron chi connectivity index (χ0n) is 8.09. The highest BCUT2D eigenvalue weighted by molar-refractivity contribution is 5.70. The summed E-state index contributed by atoms with van der Waals surface area (Å²) in [6, 6.07) is 0. The van der Waals surface area contributed by atoms with E-state index in [0.717, 1.165) is 0 Å². The van der Waals surface area contributed by atoms with Gasteiger partial charge in [0.15, 0.2) is 0 Å². The highest BCUT2D eigenvalue weighted by atomic mass is 16.4. The lowest BCUT2D eigenvalue weighted by molar-refractivity contribution is -0.136. The molecule has 0 aliphatic rings. The summed E-state index contributed by atoms with van der Waals surface area (Å²) in [6.07, 6.45) is -0.414.